The molecule has 1 amide bonds. The van der Waals surface area contributed by atoms with Gasteiger partial charge in [0.2, 0.25) is 5.91 Å². The Morgan fingerprint density at radius 2 is 2.11 bits per heavy atom. The number of aliphatic hydroxyl groups is 1. The second-order valence-corrected chi connectivity index (χ2v) is 5.69. The van der Waals surface area contributed by atoms with Crippen LogP contribution in [0.15, 0.2) is 36.4 Å². The van der Waals surface area contributed by atoms with Gasteiger partial charge < -0.3 is 10.4 Å². The van der Waals surface area contributed by atoms with E-state index in [0.29, 0.717) is 6.42 Å². The number of hydrogen-bond donors (Lipinski definition) is 2. The molecule has 3 nitrogen and oxygen atoms in total. The molecule has 0 saturated carbocycles. The second-order valence-electron chi connectivity index (χ2n) is 4.70. The molecule has 0 aliphatic rings. The summed E-state index contributed by atoms with van der Waals surface area (Å²) in [6.45, 7) is 2.01. The fourth-order valence-electron chi connectivity index (χ4n) is 1.48. The third-order valence-electron chi connectivity index (χ3n) is 2.71. The average Bonchev–Trinajstić information content (AvgIpc) is 2.42. The maximum absolute atomic E-state index is 11.6. The minimum Gasteiger partial charge on any atom is -0.388 e. The van der Waals surface area contributed by atoms with Crippen molar-refractivity contribution in [1.29, 1.82) is 0 Å². The molecule has 0 fully saturated rings. The van der Waals surface area contributed by atoms with Crippen molar-refractivity contribution in [3.05, 3.63) is 42.0 Å². The van der Waals surface area contributed by atoms with Gasteiger partial charge >= 0.3 is 0 Å². The van der Waals surface area contributed by atoms with Gasteiger partial charge in [-0.15, -0.1) is 0 Å². The van der Waals surface area contributed by atoms with Crippen LogP contribution < -0.4 is 5.32 Å². The van der Waals surface area contributed by atoms with E-state index in [2.05, 4.69) is 5.32 Å². The molecule has 1 aromatic rings. The Labute approximate surface area is 119 Å². The summed E-state index contributed by atoms with van der Waals surface area (Å²) in [6, 6.07) is 9.63. The number of hydrogen-bond acceptors (Lipinski definition) is 3. The molecule has 0 spiro atoms. The Kier molecular flexibility index (Phi) is 6.67. The fourth-order valence-corrected chi connectivity index (χ4v) is 2.13. The summed E-state index contributed by atoms with van der Waals surface area (Å²) in [5.41, 5.74) is 0.131. The van der Waals surface area contributed by atoms with Crippen molar-refractivity contribution in [3.63, 3.8) is 0 Å². The van der Waals surface area contributed by atoms with Gasteiger partial charge in [0.15, 0.2) is 0 Å². The topological polar surface area (TPSA) is 49.3 Å². The molecule has 1 atom stereocenters. The fraction of sp³-hybridized carbons (Fsp3) is 0.400. The van der Waals surface area contributed by atoms with E-state index in [-0.39, 0.29) is 12.5 Å². The molecular weight excluding hydrogens is 258 g/mol. The minimum atomic E-state index is -0.848. The Morgan fingerprint density at radius 1 is 1.42 bits per heavy atom. The predicted octanol–water partition coefficient (Wildman–Crippen LogP) is 2.32. The van der Waals surface area contributed by atoms with Crippen LogP contribution in [0.2, 0.25) is 0 Å². The smallest absolute Gasteiger partial charge is 0.244 e. The number of nitrogens with one attached hydrogen (secondary N) is 1. The van der Waals surface area contributed by atoms with Gasteiger partial charge in [0.25, 0.3) is 0 Å². The standard InChI is InChI=1S/C15H21NO2S/c1-15(18,10-11-19-2)12-16-14(17)9-8-13-6-4-3-5-7-13/h3-9,18H,10-12H2,1-2H3,(H,16,17). The molecule has 0 saturated heterocycles. The van der Waals surface area contributed by atoms with Gasteiger partial charge in [-0.05, 0) is 37.0 Å². The summed E-state index contributed by atoms with van der Waals surface area (Å²) in [6.07, 6.45) is 5.90. The summed E-state index contributed by atoms with van der Waals surface area (Å²) in [4.78, 5) is 11.6. The van der Waals surface area contributed by atoms with Crippen LogP contribution in [0, 0.1) is 0 Å². The van der Waals surface area contributed by atoms with Gasteiger partial charge in [-0.25, -0.2) is 0 Å². The highest BCUT2D eigenvalue weighted by molar-refractivity contribution is 7.98. The molecule has 1 unspecified atom stereocenters. The van der Waals surface area contributed by atoms with E-state index in [4.69, 9.17) is 0 Å². The second kappa shape index (κ2) is 8.02. The summed E-state index contributed by atoms with van der Waals surface area (Å²) in [5.74, 6) is 0.691. The van der Waals surface area contributed by atoms with E-state index < -0.39 is 5.60 Å². The lowest BCUT2D eigenvalue weighted by Crippen LogP contribution is -2.40. The summed E-state index contributed by atoms with van der Waals surface area (Å²) < 4.78 is 0. The van der Waals surface area contributed by atoms with Gasteiger partial charge in [0.1, 0.15) is 0 Å². The van der Waals surface area contributed by atoms with E-state index in [0.717, 1.165) is 11.3 Å². The van der Waals surface area contributed by atoms with Gasteiger partial charge in [0.05, 0.1) is 5.60 Å². The van der Waals surface area contributed by atoms with E-state index in [1.54, 1.807) is 24.8 Å². The Bertz CT molecular complexity index is 415. The maximum Gasteiger partial charge on any atom is 0.244 e. The monoisotopic (exact) mass is 279 g/mol. The van der Waals surface area contributed by atoms with Crippen molar-refractivity contribution in [3.8, 4) is 0 Å². The number of rotatable bonds is 7. The van der Waals surface area contributed by atoms with Crippen molar-refractivity contribution in [2.75, 3.05) is 18.6 Å². The molecule has 0 aliphatic carbocycles. The van der Waals surface area contributed by atoms with E-state index in [9.17, 15) is 9.90 Å². The molecule has 2 N–H and O–H groups in total. The minimum absolute atomic E-state index is 0.187. The molecular formula is C15H21NO2S. The van der Waals surface area contributed by atoms with Crippen molar-refractivity contribution in [2.45, 2.75) is 18.9 Å². The maximum atomic E-state index is 11.6. The number of carbonyl (C=O) groups is 1. The molecule has 0 bridgehead atoms. The van der Waals surface area contributed by atoms with Crippen LogP contribution in [0.5, 0.6) is 0 Å². The lowest BCUT2D eigenvalue weighted by atomic mass is 10.0. The molecule has 4 heteroatoms. The highest BCUT2D eigenvalue weighted by Gasteiger charge is 2.19. The highest BCUT2D eigenvalue weighted by atomic mass is 32.2. The number of amides is 1. The molecule has 0 aromatic heterocycles. The zero-order valence-electron chi connectivity index (χ0n) is 11.4. The van der Waals surface area contributed by atoms with E-state index in [1.165, 1.54) is 6.08 Å². The molecule has 0 aliphatic heterocycles. The molecule has 19 heavy (non-hydrogen) atoms. The van der Waals surface area contributed by atoms with E-state index in [1.807, 2.05) is 36.6 Å². The zero-order chi connectivity index (χ0) is 14.1. The van der Waals surface area contributed by atoms with Crippen LogP contribution in [0.4, 0.5) is 0 Å². The van der Waals surface area contributed by atoms with Crippen LogP contribution >= 0.6 is 11.8 Å². The third kappa shape index (κ3) is 7.03. The Balaban J connectivity index is 2.37. The SMILES string of the molecule is CSCCC(C)(O)CNC(=O)C=Cc1ccccc1. The van der Waals surface area contributed by atoms with Gasteiger partial charge in [-0.1, -0.05) is 30.3 Å². The Morgan fingerprint density at radius 3 is 2.74 bits per heavy atom. The summed E-state index contributed by atoms with van der Waals surface area (Å²) in [7, 11) is 0. The summed E-state index contributed by atoms with van der Waals surface area (Å²) >= 11 is 1.68. The van der Waals surface area contributed by atoms with Crippen LogP contribution in [0.3, 0.4) is 0 Å². The lowest BCUT2D eigenvalue weighted by molar-refractivity contribution is -0.117. The van der Waals surface area contributed by atoms with Gasteiger partial charge in [-0.2, -0.15) is 11.8 Å². The van der Waals surface area contributed by atoms with Gasteiger partial charge in [0, 0.05) is 12.6 Å². The quantitative estimate of drug-likeness (QED) is 0.753. The molecule has 1 aromatic carbocycles. The molecule has 0 radical (unpaired) electrons. The lowest BCUT2D eigenvalue weighted by Gasteiger charge is -2.22. The first-order chi connectivity index (χ1) is 9.03. The van der Waals surface area contributed by atoms with E-state index >= 15 is 0 Å². The third-order valence-corrected chi connectivity index (χ3v) is 3.33. The van der Waals surface area contributed by atoms with Crippen molar-refractivity contribution in [2.24, 2.45) is 0 Å². The first-order valence-electron chi connectivity index (χ1n) is 6.26. The molecule has 0 heterocycles. The van der Waals surface area contributed by atoms with Gasteiger partial charge in [-0.3, -0.25) is 4.79 Å². The first kappa shape index (κ1) is 15.8. The van der Waals surface area contributed by atoms with Crippen LogP contribution in [0.1, 0.15) is 18.9 Å². The van der Waals surface area contributed by atoms with Crippen molar-refractivity contribution < 1.29 is 9.90 Å². The van der Waals surface area contributed by atoms with Crippen LogP contribution in [-0.2, 0) is 4.79 Å². The largest absolute Gasteiger partial charge is 0.388 e. The van der Waals surface area contributed by atoms with Crippen LogP contribution in [-0.4, -0.2) is 35.2 Å². The normalized spacial score (nSPS) is 14.3. The van der Waals surface area contributed by atoms with Crippen molar-refractivity contribution in [1.82, 2.24) is 5.32 Å². The number of thioether (sulfide) groups is 1. The van der Waals surface area contributed by atoms with Crippen LogP contribution in [0.25, 0.3) is 6.08 Å². The average molecular weight is 279 g/mol. The Hall–Kier alpha value is -1.26. The predicted molar refractivity (Wildman–Crippen MR) is 82.1 cm³/mol. The zero-order valence-corrected chi connectivity index (χ0v) is 12.2. The highest BCUT2D eigenvalue weighted by Crippen LogP contribution is 2.11. The molecule has 1 rings (SSSR count). The number of carbonyl (C=O) groups excluding carboxylic acids is 1. The first-order valence-corrected chi connectivity index (χ1v) is 7.65. The number of benzene rings is 1. The summed E-state index contributed by atoms with van der Waals surface area (Å²) in [5, 5.41) is 12.7. The van der Waals surface area contributed by atoms with Crippen molar-refractivity contribution >= 4 is 23.7 Å². The molecule has 104 valence electrons.